The number of fused-ring (bicyclic) bond motifs is 1. The molecule has 0 saturated carbocycles. The Morgan fingerprint density at radius 3 is 2.60 bits per heavy atom. The van der Waals surface area contributed by atoms with E-state index in [1.54, 1.807) is 18.2 Å². The van der Waals surface area contributed by atoms with Crippen LogP contribution in [-0.2, 0) is 20.3 Å². The maximum absolute atomic E-state index is 13.8. The highest BCUT2D eigenvalue weighted by Gasteiger charge is 2.65. The lowest BCUT2D eigenvalue weighted by molar-refractivity contribution is -0.0894. The van der Waals surface area contributed by atoms with E-state index >= 15 is 0 Å². The Morgan fingerprint density at radius 1 is 1.27 bits per heavy atom. The van der Waals surface area contributed by atoms with Gasteiger partial charge in [-0.05, 0) is 0 Å². The second kappa shape index (κ2) is 7.09. The van der Waals surface area contributed by atoms with Crippen LogP contribution in [0.4, 0.5) is 5.82 Å². The van der Waals surface area contributed by atoms with Crippen LogP contribution >= 0.6 is 0 Å². The molecule has 0 bridgehead atoms. The fourth-order valence-electron chi connectivity index (χ4n) is 3.86. The molecular formula is C18H19N5O6S. The molecule has 4 N–H and O–H groups in total. The third kappa shape index (κ3) is 2.88. The van der Waals surface area contributed by atoms with Crippen molar-refractivity contribution in [3.05, 3.63) is 48.5 Å². The summed E-state index contributed by atoms with van der Waals surface area (Å²) < 4.78 is 32.6. The summed E-state index contributed by atoms with van der Waals surface area (Å²) in [5.41, 5.74) is 3.88. The summed E-state index contributed by atoms with van der Waals surface area (Å²) in [6, 6.07) is 7.90. The molecular weight excluding hydrogens is 414 g/mol. The highest BCUT2D eigenvalue weighted by Crippen LogP contribution is 2.43. The highest BCUT2D eigenvalue weighted by atomic mass is 32.2. The van der Waals surface area contributed by atoms with Crippen LogP contribution in [0, 0.1) is 0 Å². The van der Waals surface area contributed by atoms with Crippen molar-refractivity contribution in [1.82, 2.24) is 19.5 Å². The summed E-state index contributed by atoms with van der Waals surface area (Å²) >= 11 is 0. The van der Waals surface area contributed by atoms with Gasteiger partial charge in [0.05, 0.1) is 6.61 Å². The van der Waals surface area contributed by atoms with E-state index in [2.05, 4.69) is 15.0 Å². The number of ether oxygens (including phenoxy) is 1. The molecule has 1 aliphatic heterocycles. The number of nitrogens with two attached hydrogens (primary N) is 1. The smallest absolute Gasteiger partial charge is 0.232 e. The van der Waals surface area contributed by atoms with E-state index in [1.807, 2.05) is 0 Å². The summed E-state index contributed by atoms with van der Waals surface area (Å²) in [7, 11) is -4.09. The zero-order chi connectivity index (χ0) is 21.7. The zero-order valence-electron chi connectivity index (χ0n) is 15.8. The minimum absolute atomic E-state index is 0.0224. The first kappa shape index (κ1) is 20.3. The Morgan fingerprint density at radius 2 is 1.97 bits per heavy atom. The van der Waals surface area contributed by atoms with Crippen molar-refractivity contribution in [2.45, 2.75) is 23.2 Å². The maximum atomic E-state index is 13.8. The van der Waals surface area contributed by atoms with Gasteiger partial charge >= 0.3 is 0 Å². The van der Waals surface area contributed by atoms with E-state index < -0.39 is 45.4 Å². The first-order valence-electron chi connectivity index (χ1n) is 8.91. The number of rotatable bonds is 5. The van der Waals surface area contributed by atoms with E-state index in [4.69, 9.17) is 10.5 Å². The number of Topliss-reactive ketones (excluding diaryl/α,β-unsaturated/α-hetero) is 1. The molecule has 3 heterocycles. The Labute approximate surface area is 171 Å². The largest absolute Gasteiger partial charge is 0.394 e. The molecule has 1 aliphatic rings. The van der Waals surface area contributed by atoms with Crippen molar-refractivity contribution >= 4 is 32.6 Å². The number of hydrogen-bond acceptors (Lipinski definition) is 10. The predicted octanol–water partition coefficient (Wildman–Crippen LogP) is -0.891. The third-order valence-electron chi connectivity index (χ3n) is 5.13. The molecule has 0 amide bonds. The van der Waals surface area contributed by atoms with Gasteiger partial charge in [0.25, 0.3) is 0 Å². The van der Waals surface area contributed by atoms with Crippen molar-refractivity contribution in [3.8, 4) is 0 Å². The van der Waals surface area contributed by atoms with E-state index in [0.29, 0.717) is 0 Å². The lowest BCUT2D eigenvalue weighted by Crippen LogP contribution is -2.55. The molecule has 0 aliphatic carbocycles. The molecule has 4 atom stereocenters. The number of nitrogens with zero attached hydrogens (tertiary/aromatic N) is 4. The van der Waals surface area contributed by atoms with Crippen LogP contribution in [0.5, 0.6) is 0 Å². The molecule has 1 fully saturated rings. The number of benzene rings is 1. The van der Waals surface area contributed by atoms with E-state index in [9.17, 15) is 23.4 Å². The number of nitrogen functional groups attached to an aromatic ring is 1. The second-order valence-corrected chi connectivity index (χ2v) is 9.18. The molecule has 158 valence electrons. The van der Waals surface area contributed by atoms with Gasteiger partial charge in [-0.15, -0.1) is 0 Å². The topological polar surface area (TPSA) is 171 Å². The summed E-state index contributed by atoms with van der Waals surface area (Å²) in [4.78, 5) is 25.8. The first-order valence-corrected chi connectivity index (χ1v) is 10.9. The molecule has 11 nitrogen and oxygen atoms in total. The number of hydrogen-bond donors (Lipinski definition) is 3. The van der Waals surface area contributed by atoms with Gasteiger partial charge in [0.15, 0.2) is 21.3 Å². The standard InChI is InChI=1S/C18H19N5O6S/c1-30(27,28)15-13(25)11(7-24)29-18(15,14(26)10-5-3-2-4-6-10)23-9-22-12-16(19)20-8-21-17(12)23/h2-6,8-9,11,13,15,24-25H,7H2,1H3,(H2,19,20,21)/t11-,13-,15-,18-/m1/s1. The maximum Gasteiger partial charge on any atom is 0.232 e. The minimum atomic E-state index is -4.09. The number of ketones is 1. The number of carbonyl (C=O) groups excluding carboxylic acids is 1. The molecule has 0 unspecified atom stereocenters. The number of anilines is 1. The van der Waals surface area contributed by atoms with Crippen LogP contribution in [0.1, 0.15) is 10.4 Å². The first-order chi connectivity index (χ1) is 14.2. The number of carbonyl (C=O) groups is 1. The van der Waals surface area contributed by atoms with Crippen LogP contribution < -0.4 is 5.73 Å². The van der Waals surface area contributed by atoms with Gasteiger partial charge in [0.1, 0.15) is 35.6 Å². The van der Waals surface area contributed by atoms with Gasteiger partial charge in [-0.25, -0.2) is 23.4 Å². The summed E-state index contributed by atoms with van der Waals surface area (Å²) in [5, 5.41) is 18.7. The van der Waals surface area contributed by atoms with Crippen LogP contribution in [0.2, 0.25) is 0 Å². The Balaban J connectivity index is 2.08. The van der Waals surface area contributed by atoms with Crippen molar-refractivity contribution in [3.63, 3.8) is 0 Å². The molecule has 1 saturated heterocycles. The van der Waals surface area contributed by atoms with E-state index in [0.717, 1.165) is 17.2 Å². The Bertz CT molecular complexity index is 1210. The van der Waals surface area contributed by atoms with Crippen molar-refractivity contribution in [2.75, 3.05) is 18.6 Å². The zero-order valence-corrected chi connectivity index (χ0v) is 16.6. The average Bonchev–Trinajstić information content (AvgIpc) is 3.28. The van der Waals surface area contributed by atoms with Crippen molar-refractivity contribution in [2.24, 2.45) is 0 Å². The van der Waals surface area contributed by atoms with Gasteiger partial charge in [0.2, 0.25) is 11.5 Å². The third-order valence-corrected chi connectivity index (χ3v) is 6.65. The van der Waals surface area contributed by atoms with Gasteiger partial charge in [0, 0.05) is 11.8 Å². The number of aliphatic hydroxyl groups is 2. The van der Waals surface area contributed by atoms with Crippen LogP contribution in [0.3, 0.4) is 0 Å². The number of aliphatic hydroxyl groups excluding tert-OH is 2. The lowest BCUT2D eigenvalue weighted by atomic mass is 9.95. The van der Waals surface area contributed by atoms with Crippen molar-refractivity contribution < 1.29 is 28.2 Å². The molecule has 4 rings (SSSR count). The van der Waals surface area contributed by atoms with Gasteiger partial charge in [-0.1, -0.05) is 30.3 Å². The van der Waals surface area contributed by atoms with Crippen LogP contribution in [0.15, 0.2) is 43.0 Å². The Hall–Kier alpha value is -2.93. The van der Waals surface area contributed by atoms with E-state index in [-0.39, 0.29) is 22.5 Å². The van der Waals surface area contributed by atoms with Crippen LogP contribution in [-0.4, -0.2) is 74.3 Å². The fourth-order valence-corrected chi connectivity index (χ4v) is 5.40. The normalized spacial score (nSPS) is 26.8. The monoisotopic (exact) mass is 433 g/mol. The summed E-state index contributed by atoms with van der Waals surface area (Å²) in [5.74, 6) is -0.723. The molecule has 0 radical (unpaired) electrons. The molecule has 3 aromatic rings. The Kier molecular flexibility index (Phi) is 4.81. The van der Waals surface area contributed by atoms with Crippen LogP contribution in [0.25, 0.3) is 11.2 Å². The average molecular weight is 433 g/mol. The van der Waals surface area contributed by atoms with E-state index in [1.165, 1.54) is 18.5 Å². The molecule has 2 aromatic heterocycles. The molecule has 30 heavy (non-hydrogen) atoms. The SMILES string of the molecule is CS(=O)(=O)[C@@H]1[C@H](O)[C@@H](CO)O[C@@]1(C(=O)c1ccccc1)n1cnc2c(N)ncnc21. The van der Waals surface area contributed by atoms with Crippen molar-refractivity contribution in [1.29, 1.82) is 0 Å². The number of imidazole rings is 1. The van der Waals surface area contributed by atoms with Gasteiger partial charge in [-0.2, -0.15) is 0 Å². The summed E-state index contributed by atoms with van der Waals surface area (Å²) in [6.45, 7) is -0.708. The lowest BCUT2D eigenvalue weighted by Gasteiger charge is -2.33. The quantitative estimate of drug-likeness (QED) is 0.429. The highest BCUT2D eigenvalue weighted by molar-refractivity contribution is 7.91. The molecule has 1 aromatic carbocycles. The molecule has 0 spiro atoms. The number of aromatic nitrogens is 4. The molecule has 12 heteroatoms. The van der Waals surface area contributed by atoms with Gasteiger partial charge < -0.3 is 20.7 Å². The predicted molar refractivity (Wildman–Crippen MR) is 105 cm³/mol. The van der Waals surface area contributed by atoms with Gasteiger partial charge in [-0.3, -0.25) is 9.36 Å². The second-order valence-electron chi connectivity index (χ2n) is 7.02. The number of sulfone groups is 1. The summed E-state index contributed by atoms with van der Waals surface area (Å²) in [6.07, 6.45) is 0.171. The fraction of sp³-hybridized carbons (Fsp3) is 0.333. The minimum Gasteiger partial charge on any atom is -0.394 e.